The van der Waals surface area contributed by atoms with E-state index in [4.69, 9.17) is 4.74 Å². The second kappa shape index (κ2) is 10.8. The van der Waals surface area contributed by atoms with Crippen molar-refractivity contribution in [3.05, 3.63) is 29.8 Å². The van der Waals surface area contributed by atoms with Gasteiger partial charge in [-0.1, -0.05) is 38.8 Å². The monoisotopic (exact) mass is 386 g/mol. The van der Waals surface area contributed by atoms with Crippen molar-refractivity contribution in [2.24, 2.45) is 0 Å². The fraction of sp³-hybridized carbons (Fsp3) is 0.708. The van der Waals surface area contributed by atoms with Crippen LogP contribution in [0.1, 0.15) is 76.7 Å². The molecule has 2 fully saturated rings. The van der Waals surface area contributed by atoms with Gasteiger partial charge in [0.1, 0.15) is 5.75 Å². The SMILES string of the molecule is CC(C)c1ccc(OCC(=O)N2CCCC[C@@H]2CCN2CCCCCC2)cc1. The van der Waals surface area contributed by atoms with Crippen molar-refractivity contribution in [3.63, 3.8) is 0 Å². The predicted octanol–water partition coefficient (Wildman–Crippen LogP) is 4.84. The summed E-state index contributed by atoms with van der Waals surface area (Å²) < 4.78 is 5.81. The van der Waals surface area contributed by atoms with Crippen molar-refractivity contribution in [1.82, 2.24) is 9.80 Å². The average molecular weight is 387 g/mol. The van der Waals surface area contributed by atoms with Crippen LogP contribution in [0.25, 0.3) is 0 Å². The molecule has 2 aliphatic heterocycles. The largest absolute Gasteiger partial charge is 0.484 e. The van der Waals surface area contributed by atoms with E-state index in [1.807, 2.05) is 12.1 Å². The van der Waals surface area contributed by atoms with Crippen LogP contribution in [-0.2, 0) is 4.79 Å². The van der Waals surface area contributed by atoms with E-state index in [0.29, 0.717) is 12.0 Å². The van der Waals surface area contributed by atoms with Crippen LogP contribution in [0.2, 0.25) is 0 Å². The van der Waals surface area contributed by atoms with Gasteiger partial charge in [-0.05, 0) is 75.2 Å². The highest BCUT2D eigenvalue weighted by atomic mass is 16.5. The van der Waals surface area contributed by atoms with E-state index in [0.717, 1.165) is 38.1 Å². The van der Waals surface area contributed by atoms with E-state index < -0.39 is 0 Å². The maximum atomic E-state index is 12.9. The first kappa shape index (κ1) is 21.2. The standard InChI is InChI=1S/C24H38N2O2/c1-20(2)21-10-12-23(13-11-21)28-19-24(27)26-17-8-5-9-22(26)14-18-25-15-6-3-4-7-16-25/h10-13,20,22H,3-9,14-19H2,1-2H3/t22-/m1/s1. The van der Waals surface area contributed by atoms with Crippen molar-refractivity contribution in [2.75, 3.05) is 32.8 Å². The number of nitrogens with zero attached hydrogens (tertiary/aromatic N) is 2. The molecule has 2 aliphatic rings. The number of hydrogen-bond acceptors (Lipinski definition) is 3. The number of hydrogen-bond donors (Lipinski definition) is 0. The number of ether oxygens (including phenoxy) is 1. The first-order valence-corrected chi connectivity index (χ1v) is 11.4. The van der Waals surface area contributed by atoms with E-state index in [-0.39, 0.29) is 12.5 Å². The summed E-state index contributed by atoms with van der Waals surface area (Å²) in [6.07, 6.45) is 10.0. The molecule has 4 heteroatoms. The van der Waals surface area contributed by atoms with E-state index in [2.05, 4.69) is 35.8 Å². The summed E-state index contributed by atoms with van der Waals surface area (Å²) in [6.45, 7) is 9.00. The Labute approximate surface area is 171 Å². The van der Waals surface area contributed by atoms with Crippen molar-refractivity contribution in [3.8, 4) is 5.75 Å². The second-order valence-corrected chi connectivity index (χ2v) is 8.79. The third-order valence-corrected chi connectivity index (χ3v) is 6.33. The summed E-state index contributed by atoms with van der Waals surface area (Å²) in [6, 6.07) is 8.53. The van der Waals surface area contributed by atoms with Gasteiger partial charge in [-0.2, -0.15) is 0 Å². The minimum absolute atomic E-state index is 0.147. The van der Waals surface area contributed by atoms with Crippen LogP contribution in [-0.4, -0.2) is 54.5 Å². The Morgan fingerprint density at radius 3 is 2.36 bits per heavy atom. The normalized spacial score (nSPS) is 21.5. The van der Waals surface area contributed by atoms with Crippen LogP contribution in [0, 0.1) is 0 Å². The van der Waals surface area contributed by atoms with Gasteiger partial charge in [0.25, 0.3) is 5.91 Å². The fourth-order valence-electron chi connectivity index (χ4n) is 4.50. The summed E-state index contributed by atoms with van der Waals surface area (Å²) >= 11 is 0. The molecule has 0 bridgehead atoms. The van der Waals surface area contributed by atoms with Gasteiger partial charge < -0.3 is 14.5 Å². The molecule has 2 saturated heterocycles. The highest BCUT2D eigenvalue weighted by Gasteiger charge is 2.27. The summed E-state index contributed by atoms with van der Waals surface area (Å²) in [7, 11) is 0. The first-order valence-electron chi connectivity index (χ1n) is 11.4. The molecule has 1 aromatic rings. The molecular weight excluding hydrogens is 348 g/mol. The molecule has 156 valence electrons. The van der Waals surface area contributed by atoms with Gasteiger partial charge in [-0.3, -0.25) is 4.79 Å². The number of benzene rings is 1. The maximum absolute atomic E-state index is 12.9. The van der Waals surface area contributed by atoms with Crippen molar-refractivity contribution >= 4 is 5.91 Å². The molecule has 0 spiro atoms. The summed E-state index contributed by atoms with van der Waals surface area (Å²) in [5, 5.41) is 0. The molecule has 0 aliphatic carbocycles. The maximum Gasteiger partial charge on any atom is 0.260 e. The van der Waals surface area contributed by atoms with Crippen LogP contribution in [0.15, 0.2) is 24.3 Å². The van der Waals surface area contributed by atoms with Gasteiger partial charge in [0.15, 0.2) is 6.61 Å². The van der Waals surface area contributed by atoms with E-state index in [1.165, 1.54) is 50.8 Å². The molecule has 0 unspecified atom stereocenters. The van der Waals surface area contributed by atoms with Gasteiger partial charge in [-0.25, -0.2) is 0 Å². The summed E-state index contributed by atoms with van der Waals surface area (Å²) in [5.41, 5.74) is 1.29. The lowest BCUT2D eigenvalue weighted by molar-refractivity contribution is -0.137. The molecule has 0 radical (unpaired) electrons. The van der Waals surface area contributed by atoms with Crippen LogP contribution < -0.4 is 4.74 Å². The van der Waals surface area contributed by atoms with E-state index in [1.54, 1.807) is 0 Å². The molecule has 1 amide bonds. The van der Waals surface area contributed by atoms with Gasteiger partial charge in [0, 0.05) is 19.1 Å². The lowest BCUT2D eigenvalue weighted by Gasteiger charge is -2.37. The van der Waals surface area contributed by atoms with E-state index in [9.17, 15) is 4.79 Å². The highest BCUT2D eigenvalue weighted by molar-refractivity contribution is 5.78. The van der Waals surface area contributed by atoms with Crippen LogP contribution in [0.3, 0.4) is 0 Å². The number of piperidine rings is 1. The minimum Gasteiger partial charge on any atom is -0.484 e. The van der Waals surface area contributed by atoms with Gasteiger partial charge in [-0.15, -0.1) is 0 Å². The lowest BCUT2D eigenvalue weighted by Crippen LogP contribution is -2.47. The molecule has 4 nitrogen and oxygen atoms in total. The zero-order valence-corrected chi connectivity index (χ0v) is 17.9. The Morgan fingerprint density at radius 2 is 1.68 bits per heavy atom. The molecule has 0 aromatic heterocycles. The second-order valence-electron chi connectivity index (χ2n) is 8.79. The Morgan fingerprint density at radius 1 is 1.00 bits per heavy atom. The number of rotatable bonds is 7. The Bertz CT molecular complexity index is 591. The molecule has 1 atom stereocenters. The average Bonchev–Trinajstić information content (AvgIpc) is 3.00. The fourth-order valence-corrected chi connectivity index (χ4v) is 4.50. The number of carbonyl (C=O) groups excluding carboxylic acids is 1. The molecule has 2 heterocycles. The van der Waals surface area contributed by atoms with Crippen LogP contribution >= 0.6 is 0 Å². The molecule has 3 rings (SSSR count). The molecular formula is C24H38N2O2. The quantitative estimate of drug-likeness (QED) is 0.672. The Hall–Kier alpha value is -1.55. The Kier molecular flexibility index (Phi) is 8.20. The number of amides is 1. The summed E-state index contributed by atoms with van der Waals surface area (Å²) in [5.74, 6) is 1.44. The topological polar surface area (TPSA) is 32.8 Å². The number of likely N-dealkylation sites (tertiary alicyclic amines) is 2. The molecule has 1 aromatic carbocycles. The molecule has 28 heavy (non-hydrogen) atoms. The zero-order chi connectivity index (χ0) is 19.8. The van der Waals surface area contributed by atoms with Crippen LogP contribution in [0.5, 0.6) is 5.75 Å². The third-order valence-electron chi connectivity index (χ3n) is 6.33. The Balaban J connectivity index is 1.48. The van der Waals surface area contributed by atoms with Gasteiger partial charge in [0.2, 0.25) is 0 Å². The van der Waals surface area contributed by atoms with Gasteiger partial charge >= 0.3 is 0 Å². The minimum atomic E-state index is 0.147. The lowest BCUT2D eigenvalue weighted by atomic mass is 9.99. The highest BCUT2D eigenvalue weighted by Crippen LogP contribution is 2.22. The van der Waals surface area contributed by atoms with Crippen molar-refractivity contribution in [1.29, 1.82) is 0 Å². The summed E-state index contributed by atoms with van der Waals surface area (Å²) in [4.78, 5) is 17.6. The molecule has 0 N–H and O–H groups in total. The van der Waals surface area contributed by atoms with Crippen LogP contribution in [0.4, 0.5) is 0 Å². The van der Waals surface area contributed by atoms with E-state index >= 15 is 0 Å². The number of carbonyl (C=O) groups is 1. The predicted molar refractivity (Wildman–Crippen MR) is 115 cm³/mol. The van der Waals surface area contributed by atoms with Crippen molar-refractivity contribution in [2.45, 2.75) is 77.2 Å². The smallest absolute Gasteiger partial charge is 0.260 e. The van der Waals surface area contributed by atoms with Crippen molar-refractivity contribution < 1.29 is 9.53 Å². The zero-order valence-electron chi connectivity index (χ0n) is 17.9. The third kappa shape index (κ3) is 6.23. The van der Waals surface area contributed by atoms with Gasteiger partial charge in [0.05, 0.1) is 0 Å². The molecule has 0 saturated carbocycles. The first-order chi connectivity index (χ1) is 13.6.